The average Bonchev–Trinajstić information content (AvgIpc) is 3.06. The van der Waals surface area contributed by atoms with Gasteiger partial charge in [-0.3, -0.25) is 14.8 Å². The number of piperidine rings is 1. The van der Waals surface area contributed by atoms with Gasteiger partial charge in [-0.2, -0.15) is 5.10 Å². The molecule has 1 aromatic heterocycles. The van der Waals surface area contributed by atoms with Crippen molar-refractivity contribution in [2.45, 2.75) is 38.5 Å². The number of hydrogen-bond donors (Lipinski definition) is 2. The number of nitrogens with zero attached hydrogens (tertiary/aromatic N) is 2. The zero-order valence-corrected chi connectivity index (χ0v) is 15.0. The fraction of sp³-hybridized carbons (Fsp3) is 0.500. The van der Waals surface area contributed by atoms with E-state index < -0.39 is 0 Å². The standard InChI is InChI=1S/C20H28N4O/c1-16-13-19(23-22-16)18-10-6-12-24(14-18)15-20(25)21-11-5-9-17-7-3-2-4-8-17/h2-4,7-8,13,18H,5-6,9-12,14-15H2,1H3,(H,21,25)(H,22,23). The maximum absolute atomic E-state index is 12.2. The molecule has 0 radical (unpaired) electrons. The van der Waals surface area contributed by atoms with Crippen LogP contribution in [0.2, 0.25) is 0 Å². The number of likely N-dealkylation sites (tertiary alicyclic amines) is 1. The highest BCUT2D eigenvalue weighted by Crippen LogP contribution is 2.25. The van der Waals surface area contributed by atoms with Crippen LogP contribution in [-0.2, 0) is 11.2 Å². The fourth-order valence-corrected chi connectivity index (χ4v) is 3.51. The van der Waals surface area contributed by atoms with Crippen LogP contribution in [-0.4, -0.2) is 47.2 Å². The number of H-pyrrole nitrogens is 1. The van der Waals surface area contributed by atoms with E-state index in [4.69, 9.17) is 0 Å². The summed E-state index contributed by atoms with van der Waals surface area (Å²) >= 11 is 0. The summed E-state index contributed by atoms with van der Waals surface area (Å²) in [4.78, 5) is 14.4. The Hall–Kier alpha value is -2.14. The molecule has 1 unspecified atom stereocenters. The van der Waals surface area contributed by atoms with Gasteiger partial charge >= 0.3 is 0 Å². The van der Waals surface area contributed by atoms with Crippen LogP contribution in [0.3, 0.4) is 0 Å². The lowest BCUT2D eigenvalue weighted by Gasteiger charge is -2.31. The Morgan fingerprint density at radius 1 is 1.36 bits per heavy atom. The van der Waals surface area contributed by atoms with E-state index in [-0.39, 0.29) is 5.91 Å². The molecule has 1 aliphatic rings. The van der Waals surface area contributed by atoms with Gasteiger partial charge in [0.05, 0.1) is 12.2 Å². The first-order valence-electron chi connectivity index (χ1n) is 9.25. The minimum atomic E-state index is 0.131. The van der Waals surface area contributed by atoms with Gasteiger partial charge < -0.3 is 5.32 Å². The minimum Gasteiger partial charge on any atom is -0.355 e. The Labute approximate surface area is 149 Å². The molecule has 0 spiro atoms. The topological polar surface area (TPSA) is 61.0 Å². The van der Waals surface area contributed by atoms with Crippen LogP contribution in [0.5, 0.6) is 0 Å². The number of benzene rings is 1. The van der Waals surface area contributed by atoms with E-state index in [1.165, 1.54) is 5.56 Å². The summed E-state index contributed by atoms with van der Waals surface area (Å²) in [5.41, 5.74) is 3.55. The van der Waals surface area contributed by atoms with Crippen LogP contribution in [0.1, 0.15) is 42.1 Å². The smallest absolute Gasteiger partial charge is 0.234 e. The van der Waals surface area contributed by atoms with Gasteiger partial charge in [-0.05, 0) is 50.8 Å². The molecule has 2 heterocycles. The predicted molar refractivity (Wildman–Crippen MR) is 99.5 cm³/mol. The largest absolute Gasteiger partial charge is 0.355 e. The lowest BCUT2D eigenvalue weighted by molar-refractivity contribution is -0.122. The number of carbonyl (C=O) groups is 1. The molecule has 1 amide bonds. The van der Waals surface area contributed by atoms with E-state index in [2.05, 4.69) is 50.7 Å². The number of aromatic nitrogens is 2. The van der Waals surface area contributed by atoms with Gasteiger partial charge in [-0.25, -0.2) is 0 Å². The fourth-order valence-electron chi connectivity index (χ4n) is 3.51. The maximum Gasteiger partial charge on any atom is 0.234 e. The Morgan fingerprint density at radius 2 is 2.20 bits per heavy atom. The molecule has 1 atom stereocenters. The second-order valence-corrected chi connectivity index (χ2v) is 6.99. The SMILES string of the molecule is Cc1cc(C2CCCN(CC(=O)NCCCc3ccccc3)C2)n[nH]1. The van der Waals surface area contributed by atoms with Crippen molar-refractivity contribution in [1.82, 2.24) is 20.4 Å². The van der Waals surface area contributed by atoms with Crippen LogP contribution in [0.25, 0.3) is 0 Å². The third kappa shape index (κ3) is 5.43. The molecule has 0 bridgehead atoms. The molecule has 1 aromatic carbocycles. The summed E-state index contributed by atoms with van der Waals surface area (Å²) < 4.78 is 0. The Morgan fingerprint density at radius 3 is 2.96 bits per heavy atom. The van der Waals surface area contributed by atoms with E-state index in [1.807, 2.05) is 13.0 Å². The monoisotopic (exact) mass is 340 g/mol. The molecular formula is C20H28N4O. The average molecular weight is 340 g/mol. The van der Waals surface area contributed by atoms with Crippen molar-refractivity contribution in [2.24, 2.45) is 0 Å². The van der Waals surface area contributed by atoms with Crippen molar-refractivity contribution >= 4 is 5.91 Å². The van der Waals surface area contributed by atoms with Crippen molar-refractivity contribution in [2.75, 3.05) is 26.2 Å². The molecule has 1 saturated heterocycles. The van der Waals surface area contributed by atoms with E-state index >= 15 is 0 Å². The number of rotatable bonds is 7. The highest BCUT2D eigenvalue weighted by Gasteiger charge is 2.24. The molecule has 1 fully saturated rings. The van der Waals surface area contributed by atoms with Crippen molar-refractivity contribution in [3.8, 4) is 0 Å². The molecule has 3 rings (SSSR count). The van der Waals surface area contributed by atoms with Crippen molar-refractivity contribution < 1.29 is 4.79 Å². The minimum absolute atomic E-state index is 0.131. The number of aryl methyl sites for hydroxylation is 2. The molecule has 2 aromatic rings. The summed E-state index contributed by atoms with van der Waals surface area (Å²) in [6.07, 6.45) is 4.26. The number of carbonyl (C=O) groups excluding carboxylic acids is 1. The summed E-state index contributed by atoms with van der Waals surface area (Å²) in [6, 6.07) is 12.5. The first kappa shape index (κ1) is 17.7. The van der Waals surface area contributed by atoms with Gasteiger partial charge in [-0.1, -0.05) is 30.3 Å². The van der Waals surface area contributed by atoms with Gasteiger partial charge in [0.2, 0.25) is 5.91 Å². The molecule has 25 heavy (non-hydrogen) atoms. The molecule has 5 nitrogen and oxygen atoms in total. The van der Waals surface area contributed by atoms with E-state index in [0.717, 1.165) is 56.7 Å². The molecule has 5 heteroatoms. The highest BCUT2D eigenvalue weighted by molar-refractivity contribution is 5.78. The van der Waals surface area contributed by atoms with Crippen LogP contribution in [0, 0.1) is 6.92 Å². The van der Waals surface area contributed by atoms with Gasteiger partial charge in [0.25, 0.3) is 0 Å². The van der Waals surface area contributed by atoms with E-state index in [0.29, 0.717) is 12.5 Å². The number of amides is 1. The lowest BCUT2D eigenvalue weighted by atomic mass is 9.94. The Kier molecular flexibility index (Phi) is 6.23. The molecule has 134 valence electrons. The Balaban J connectivity index is 1.37. The number of hydrogen-bond acceptors (Lipinski definition) is 3. The first-order chi connectivity index (χ1) is 12.2. The quantitative estimate of drug-likeness (QED) is 0.762. The third-order valence-electron chi connectivity index (χ3n) is 4.82. The van der Waals surface area contributed by atoms with Crippen LogP contribution in [0.15, 0.2) is 36.4 Å². The highest BCUT2D eigenvalue weighted by atomic mass is 16.2. The van der Waals surface area contributed by atoms with Crippen LogP contribution < -0.4 is 5.32 Å². The van der Waals surface area contributed by atoms with Gasteiger partial charge in [0, 0.05) is 24.7 Å². The number of aromatic amines is 1. The van der Waals surface area contributed by atoms with E-state index in [1.54, 1.807) is 0 Å². The second-order valence-electron chi connectivity index (χ2n) is 6.99. The van der Waals surface area contributed by atoms with Gasteiger partial charge in [0.15, 0.2) is 0 Å². The summed E-state index contributed by atoms with van der Waals surface area (Å²) in [5, 5.41) is 10.5. The van der Waals surface area contributed by atoms with Crippen molar-refractivity contribution in [3.05, 3.63) is 53.3 Å². The lowest BCUT2D eigenvalue weighted by Crippen LogP contribution is -2.42. The number of nitrogens with one attached hydrogen (secondary N) is 2. The maximum atomic E-state index is 12.2. The van der Waals surface area contributed by atoms with Gasteiger partial charge in [-0.15, -0.1) is 0 Å². The van der Waals surface area contributed by atoms with E-state index in [9.17, 15) is 4.79 Å². The molecule has 2 N–H and O–H groups in total. The zero-order valence-electron chi connectivity index (χ0n) is 15.0. The molecule has 0 saturated carbocycles. The Bertz CT molecular complexity index is 667. The van der Waals surface area contributed by atoms with Gasteiger partial charge in [0.1, 0.15) is 0 Å². The first-order valence-corrected chi connectivity index (χ1v) is 9.25. The summed E-state index contributed by atoms with van der Waals surface area (Å²) in [6.45, 7) is 5.17. The predicted octanol–water partition coefficient (Wildman–Crippen LogP) is 2.65. The van der Waals surface area contributed by atoms with Crippen LogP contribution in [0.4, 0.5) is 0 Å². The second kappa shape index (κ2) is 8.81. The molecule has 0 aliphatic carbocycles. The summed E-state index contributed by atoms with van der Waals surface area (Å²) in [5.74, 6) is 0.566. The normalized spacial score (nSPS) is 18.2. The summed E-state index contributed by atoms with van der Waals surface area (Å²) in [7, 11) is 0. The van der Waals surface area contributed by atoms with Crippen molar-refractivity contribution in [1.29, 1.82) is 0 Å². The zero-order chi connectivity index (χ0) is 17.5. The third-order valence-corrected chi connectivity index (χ3v) is 4.82. The van der Waals surface area contributed by atoms with Crippen LogP contribution >= 0.6 is 0 Å². The molecule has 1 aliphatic heterocycles. The van der Waals surface area contributed by atoms with Crippen molar-refractivity contribution in [3.63, 3.8) is 0 Å². The molecular weight excluding hydrogens is 312 g/mol.